The highest BCUT2D eigenvalue weighted by Gasteiger charge is 2.24. The van der Waals surface area contributed by atoms with Crippen LogP contribution in [0.4, 0.5) is 0 Å². The Labute approximate surface area is 95.4 Å². The van der Waals surface area contributed by atoms with Crippen LogP contribution in [0.5, 0.6) is 0 Å². The summed E-state index contributed by atoms with van der Waals surface area (Å²) in [6.45, 7) is 3.84. The third-order valence-corrected chi connectivity index (χ3v) is 4.14. The number of H-pyrrole nitrogens is 1. The molecule has 0 unspecified atom stereocenters. The fraction of sp³-hybridized carbons (Fsp3) is 0.667. The first-order valence-corrected chi connectivity index (χ1v) is 6.65. The van der Waals surface area contributed by atoms with E-state index in [0.717, 1.165) is 0 Å². The molecule has 16 heavy (non-hydrogen) atoms. The summed E-state index contributed by atoms with van der Waals surface area (Å²) < 4.78 is 25.3. The third-order valence-electron chi connectivity index (χ3n) is 2.26. The largest absolute Gasteiger partial charge is 0.395 e. The average Bonchev–Trinajstić information content (AvgIpc) is 2.74. The molecule has 0 aromatic carbocycles. The molecule has 1 aromatic heterocycles. The fourth-order valence-corrected chi connectivity index (χ4v) is 2.73. The lowest BCUT2D eigenvalue weighted by Crippen LogP contribution is -2.33. The molecule has 6 nitrogen and oxygen atoms in total. The van der Waals surface area contributed by atoms with Crippen LogP contribution in [0.25, 0.3) is 0 Å². The molecule has 2 N–H and O–H groups in total. The standard InChI is InChI=1S/C9H17N3O3S/c1-3-8-10-7-9(11-8)16(14,15)12(4-2)5-6-13/h7,13H,3-6H2,1-2H3,(H,10,11). The highest BCUT2D eigenvalue weighted by atomic mass is 32.2. The van der Waals surface area contributed by atoms with E-state index in [-0.39, 0.29) is 18.2 Å². The summed E-state index contributed by atoms with van der Waals surface area (Å²) in [7, 11) is -3.55. The zero-order chi connectivity index (χ0) is 12.2. The lowest BCUT2D eigenvalue weighted by molar-refractivity contribution is 0.257. The van der Waals surface area contributed by atoms with Crippen molar-refractivity contribution in [3.8, 4) is 0 Å². The predicted octanol–water partition coefficient (Wildman–Crippen LogP) is -0.0250. The predicted molar refractivity (Wildman–Crippen MR) is 59.5 cm³/mol. The topological polar surface area (TPSA) is 86.3 Å². The number of aromatic nitrogens is 2. The van der Waals surface area contributed by atoms with Crippen molar-refractivity contribution >= 4 is 10.0 Å². The number of aliphatic hydroxyl groups excluding tert-OH is 1. The number of rotatable bonds is 6. The van der Waals surface area contributed by atoms with Crippen LogP contribution >= 0.6 is 0 Å². The van der Waals surface area contributed by atoms with Crippen molar-refractivity contribution in [2.24, 2.45) is 0 Å². The van der Waals surface area contributed by atoms with Crippen molar-refractivity contribution in [1.82, 2.24) is 14.3 Å². The van der Waals surface area contributed by atoms with Crippen molar-refractivity contribution in [2.75, 3.05) is 19.7 Å². The van der Waals surface area contributed by atoms with Gasteiger partial charge in [0.1, 0.15) is 5.82 Å². The maximum atomic E-state index is 12.0. The van der Waals surface area contributed by atoms with E-state index in [1.54, 1.807) is 6.92 Å². The van der Waals surface area contributed by atoms with E-state index in [9.17, 15) is 8.42 Å². The molecule has 0 amide bonds. The number of imidazole rings is 1. The number of nitrogens with one attached hydrogen (secondary N) is 1. The van der Waals surface area contributed by atoms with Crippen LogP contribution < -0.4 is 0 Å². The minimum Gasteiger partial charge on any atom is -0.395 e. The average molecular weight is 247 g/mol. The summed E-state index contributed by atoms with van der Waals surface area (Å²) in [5, 5.41) is 8.88. The number of sulfonamides is 1. The van der Waals surface area contributed by atoms with Gasteiger partial charge in [0.05, 0.1) is 12.8 Å². The first-order chi connectivity index (χ1) is 7.56. The normalized spacial score (nSPS) is 12.2. The van der Waals surface area contributed by atoms with E-state index in [1.807, 2.05) is 6.92 Å². The van der Waals surface area contributed by atoms with E-state index in [0.29, 0.717) is 18.8 Å². The zero-order valence-electron chi connectivity index (χ0n) is 9.47. The van der Waals surface area contributed by atoms with Gasteiger partial charge in [-0.3, -0.25) is 0 Å². The van der Waals surface area contributed by atoms with E-state index >= 15 is 0 Å². The first-order valence-electron chi connectivity index (χ1n) is 5.21. The molecule has 0 aliphatic rings. The van der Waals surface area contributed by atoms with E-state index < -0.39 is 10.0 Å². The summed E-state index contributed by atoms with van der Waals surface area (Å²) in [6, 6.07) is 0. The summed E-state index contributed by atoms with van der Waals surface area (Å²) in [5.74, 6) is 0.638. The molecule has 92 valence electrons. The SMILES string of the molecule is CCc1ncc(S(=O)(=O)N(CC)CCO)[nH]1. The van der Waals surface area contributed by atoms with Gasteiger partial charge in [-0.15, -0.1) is 0 Å². The maximum Gasteiger partial charge on any atom is 0.260 e. The first kappa shape index (κ1) is 13.1. The lowest BCUT2D eigenvalue weighted by atomic mass is 10.5. The van der Waals surface area contributed by atoms with Gasteiger partial charge >= 0.3 is 0 Å². The summed E-state index contributed by atoms with van der Waals surface area (Å²) in [5.41, 5.74) is 0. The molecule has 1 heterocycles. The Morgan fingerprint density at radius 1 is 1.50 bits per heavy atom. The number of likely N-dealkylation sites (N-methyl/N-ethyl adjacent to an activating group) is 1. The fourth-order valence-electron chi connectivity index (χ4n) is 1.35. The molecule has 0 radical (unpaired) electrons. The van der Waals surface area contributed by atoms with Crippen molar-refractivity contribution < 1.29 is 13.5 Å². The molecular formula is C9H17N3O3S. The van der Waals surface area contributed by atoms with Crippen molar-refractivity contribution in [2.45, 2.75) is 25.3 Å². The molecule has 0 saturated heterocycles. The van der Waals surface area contributed by atoms with Crippen LogP contribution in [0.2, 0.25) is 0 Å². The minimum atomic E-state index is -3.55. The monoisotopic (exact) mass is 247 g/mol. The van der Waals surface area contributed by atoms with Crippen LogP contribution in [-0.2, 0) is 16.4 Å². The van der Waals surface area contributed by atoms with Crippen LogP contribution in [0.1, 0.15) is 19.7 Å². The zero-order valence-corrected chi connectivity index (χ0v) is 10.3. The summed E-state index contributed by atoms with van der Waals surface area (Å²) in [4.78, 5) is 6.71. The van der Waals surface area contributed by atoms with Crippen molar-refractivity contribution in [1.29, 1.82) is 0 Å². The van der Waals surface area contributed by atoms with Gasteiger partial charge in [-0.1, -0.05) is 13.8 Å². The number of aromatic amines is 1. The quantitative estimate of drug-likeness (QED) is 0.739. The van der Waals surface area contributed by atoms with Gasteiger partial charge in [0.25, 0.3) is 10.0 Å². The number of hydrogen-bond donors (Lipinski definition) is 2. The Morgan fingerprint density at radius 3 is 2.62 bits per heavy atom. The maximum absolute atomic E-state index is 12.0. The molecule has 0 aliphatic heterocycles. The summed E-state index contributed by atoms with van der Waals surface area (Å²) >= 11 is 0. The van der Waals surface area contributed by atoms with Gasteiger partial charge in [-0.2, -0.15) is 4.31 Å². The summed E-state index contributed by atoms with van der Waals surface area (Å²) in [6.07, 6.45) is 1.97. The Kier molecular flexibility index (Phi) is 4.45. The van der Waals surface area contributed by atoms with Crippen molar-refractivity contribution in [3.05, 3.63) is 12.0 Å². The van der Waals surface area contributed by atoms with Gasteiger partial charge in [0, 0.05) is 19.5 Å². The highest BCUT2D eigenvalue weighted by molar-refractivity contribution is 7.89. The molecule has 1 aromatic rings. The molecule has 0 atom stereocenters. The smallest absolute Gasteiger partial charge is 0.260 e. The van der Waals surface area contributed by atoms with E-state index in [1.165, 1.54) is 10.5 Å². The lowest BCUT2D eigenvalue weighted by Gasteiger charge is -2.17. The van der Waals surface area contributed by atoms with E-state index in [4.69, 9.17) is 5.11 Å². The molecule has 0 saturated carbocycles. The second kappa shape index (κ2) is 5.42. The van der Waals surface area contributed by atoms with Crippen LogP contribution in [0.15, 0.2) is 11.2 Å². The molecule has 0 bridgehead atoms. The van der Waals surface area contributed by atoms with Crippen LogP contribution in [-0.4, -0.2) is 47.5 Å². The molecule has 0 spiro atoms. The third kappa shape index (κ3) is 2.60. The second-order valence-electron chi connectivity index (χ2n) is 3.27. The van der Waals surface area contributed by atoms with Gasteiger partial charge in [0.15, 0.2) is 5.03 Å². The molecule has 0 fully saturated rings. The molecule has 0 aliphatic carbocycles. The molecule has 7 heteroatoms. The van der Waals surface area contributed by atoms with Gasteiger partial charge in [-0.25, -0.2) is 13.4 Å². The number of aliphatic hydroxyl groups is 1. The van der Waals surface area contributed by atoms with Crippen LogP contribution in [0, 0.1) is 0 Å². The Balaban J connectivity index is 2.99. The van der Waals surface area contributed by atoms with Gasteiger partial charge in [0.2, 0.25) is 0 Å². The Morgan fingerprint density at radius 2 is 2.19 bits per heavy atom. The minimum absolute atomic E-state index is 0.0830. The number of nitrogens with zero attached hydrogens (tertiary/aromatic N) is 2. The van der Waals surface area contributed by atoms with Gasteiger partial charge < -0.3 is 10.1 Å². The second-order valence-corrected chi connectivity index (χ2v) is 5.17. The molecular weight excluding hydrogens is 230 g/mol. The van der Waals surface area contributed by atoms with Crippen LogP contribution in [0.3, 0.4) is 0 Å². The van der Waals surface area contributed by atoms with Gasteiger partial charge in [-0.05, 0) is 0 Å². The number of hydrogen-bond acceptors (Lipinski definition) is 4. The number of aryl methyl sites for hydroxylation is 1. The Bertz CT molecular complexity index is 427. The van der Waals surface area contributed by atoms with Crippen molar-refractivity contribution in [3.63, 3.8) is 0 Å². The van der Waals surface area contributed by atoms with E-state index in [2.05, 4.69) is 9.97 Å². The molecule has 1 rings (SSSR count). The Hall–Kier alpha value is -0.920. The highest BCUT2D eigenvalue weighted by Crippen LogP contribution is 2.12.